The first-order valence-electron chi connectivity index (χ1n) is 8.10. The van der Waals surface area contributed by atoms with Crippen molar-refractivity contribution in [2.75, 3.05) is 6.61 Å². The number of fused-ring (bicyclic) bond motifs is 1. The van der Waals surface area contributed by atoms with Gasteiger partial charge in [-0.15, -0.1) is 0 Å². The highest BCUT2D eigenvalue weighted by Gasteiger charge is 2.64. The molecule has 0 aliphatic heterocycles. The summed E-state index contributed by atoms with van der Waals surface area (Å²) in [6, 6.07) is 6.28. The molecule has 0 radical (unpaired) electrons. The average molecular weight is 376 g/mol. The molecule has 140 valence electrons. The van der Waals surface area contributed by atoms with Crippen LogP contribution < -0.4 is 4.72 Å². The Bertz CT molecular complexity index is 673. The van der Waals surface area contributed by atoms with Crippen molar-refractivity contribution in [3.63, 3.8) is 0 Å². The van der Waals surface area contributed by atoms with Gasteiger partial charge in [-0.3, -0.25) is 10.1 Å². The molecule has 25 heavy (non-hydrogen) atoms. The molecule has 1 aliphatic carbocycles. The molecular formula is C16H22F2N2O4S. The maximum absolute atomic E-state index is 14.4. The Labute approximate surface area is 147 Å². The van der Waals surface area contributed by atoms with Crippen molar-refractivity contribution >= 4 is 11.0 Å². The molecule has 4 atom stereocenters. The number of aliphatic hydroxyl groups is 1. The van der Waals surface area contributed by atoms with E-state index in [-0.39, 0.29) is 18.4 Å². The number of halogens is 2. The second-order valence-corrected chi connectivity index (χ2v) is 7.91. The summed E-state index contributed by atoms with van der Waals surface area (Å²) >= 11 is 0. The van der Waals surface area contributed by atoms with Crippen molar-refractivity contribution in [3.05, 3.63) is 45.5 Å². The summed E-state index contributed by atoms with van der Waals surface area (Å²) in [6.45, 7) is 1.88. The summed E-state index contributed by atoms with van der Waals surface area (Å²) in [5, 5.41) is 20.7. The van der Waals surface area contributed by atoms with Crippen LogP contribution in [0.5, 0.6) is 0 Å². The van der Waals surface area contributed by atoms with E-state index in [0.717, 1.165) is 0 Å². The number of hydrogen-bond donors (Lipinski definition) is 2. The monoisotopic (exact) mass is 376 g/mol. The van der Waals surface area contributed by atoms with Crippen LogP contribution in [-0.4, -0.2) is 32.0 Å². The second kappa shape index (κ2) is 7.43. The van der Waals surface area contributed by atoms with Crippen LogP contribution in [0.1, 0.15) is 37.8 Å². The molecule has 0 saturated heterocycles. The fraction of sp³-hybridized carbons (Fsp3) is 0.625. The van der Waals surface area contributed by atoms with E-state index in [0.29, 0.717) is 12.0 Å². The molecule has 1 aromatic rings. The standard InChI is InChI=1S/C16H22F2N2O4S/c1-3-11(2)25(24)19-16(20(22)23)13-7-5-4-6-12(13)8-9-14(16)15(17,18)10-21/h4-7,11,14,19,21H,3,8-10H2,1-2H3/t11-,14?,16-,25?/m1/s1. The Hall–Kier alpha value is -1.45. The van der Waals surface area contributed by atoms with Crippen molar-refractivity contribution in [2.45, 2.75) is 49.9 Å². The van der Waals surface area contributed by atoms with Gasteiger partial charge in [-0.2, -0.15) is 4.72 Å². The minimum atomic E-state index is -3.69. The molecule has 0 bridgehead atoms. The lowest BCUT2D eigenvalue weighted by Crippen LogP contribution is -2.63. The van der Waals surface area contributed by atoms with E-state index in [1.54, 1.807) is 26.0 Å². The van der Waals surface area contributed by atoms with Crippen LogP contribution in [0.3, 0.4) is 0 Å². The zero-order chi connectivity index (χ0) is 18.8. The van der Waals surface area contributed by atoms with Crippen LogP contribution in [0.25, 0.3) is 0 Å². The summed E-state index contributed by atoms with van der Waals surface area (Å²) in [5.74, 6) is -5.50. The van der Waals surface area contributed by atoms with Gasteiger partial charge in [-0.1, -0.05) is 31.2 Å². The lowest BCUT2D eigenvalue weighted by Gasteiger charge is -2.41. The smallest absolute Gasteiger partial charge is 0.320 e. The van der Waals surface area contributed by atoms with E-state index in [1.807, 2.05) is 0 Å². The van der Waals surface area contributed by atoms with Gasteiger partial charge in [0.1, 0.15) is 23.5 Å². The molecular weight excluding hydrogens is 354 g/mol. The Morgan fingerprint density at radius 1 is 1.52 bits per heavy atom. The van der Waals surface area contributed by atoms with Crippen molar-refractivity contribution in [1.82, 2.24) is 4.72 Å². The van der Waals surface area contributed by atoms with E-state index in [4.69, 9.17) is 5.11 Å². The van der Waals surface area contributed by atoms with Gasteiger partial charge in [0.25, 0.3) is 5.92 Å². The Morgan fingerprint density at radius 3 is 2.72 bits per heavy atom. The molecule has 0 heterocycles. The SMILES string of the molecule is CC[C@@H](C)S(=O)N[C@@]1([N+](=O)[O-])c2ccccc2CCC1C(F)(F)CO. The maximum atomic E-state index is 14.4. The van der Waals surface area contributed by atoms with E-state index in [2.05, 4.69) is 4.72 Å². The number of hydrogen-bond acceptors (Lipinski definition) is 4. The number of nitrogens with one attached hydrogen (secondary N) is 1. The Kier molecular flexibility index (Phi) is 5.90. The van der Waals surface area contributed by atoms with Gasteiger partial charge in [0.2, 0.25) is 0 Å². The molecule has 6 nitrogen and oxygen atoms in total. The molecule has 2 unspecified atom stereocenters. The molecule has 0 aromatic heterocycles. The highest BCUT2D eigenvalue weighted by atomic mass is 32.2. The topological polar surface area (TPSA) is 92.5 Å². The van der Waals surface area contributed by atoms with Gasteiger partial charge in [-0.25, -0.2) is 13.0 Å². The lowest BCUT2D eigenvalue weighted by molar-refractivity contribution is -0.603. The van der Waals surface area contributed by atoms with Crippen LogP contribution in [0.4, 0.5) is 8.78 Å². The van der Waals surface area contributed by atoms with Crippen LogP contribution >= 0.6 is 0 Å². The van der Waals surface area contributed by atoms with Crippen LogP contribution in [-0.2, 0) is 23.1 Å². The highest BCUT2D eigenvalue weighted by molar-refractivity contribution is 7.83. The van der Waals surface area contributed by atoms with E-state index in [9.17, 15) is 23.1 Å². The molecule has 0 saturated carbocycles. The van der Waals surface area contributed by atoms with Gasteiger partial charge in [0, 0.05) is 15.7 Å². The van der Waals surface area contributed by atoms with E-state index >= 15 is 0 Å². The molecule has 0 amide bonds. The third-order valence-corrected chi connectivity index (χ3v) is 6.42. The molecule has 0 spiro atoms. The number of alkyl halides is 2. The van der Waals surface area contributed by atoms with Crippen LogP contribution in [0.15, 0.2) is 24.3 Å². The average Bonchev–Trinajstić information content (AvgIpc) is 2.60. The summed E-state index contributed by atoms with van der Waals surface area (Å²) in [6.07, 6.45) is 0.496. The van der Waals surface area contributed by atoms with Crippen molar-refractivity contribution < 1.29 is 23.0 Å². The first-order valence-corrected chi connectivity index (χ1v) is 9.32. The largest absolute Gasteiger partial charge is 0.390 e. The molecule has 2 rings (SSSR count). The van der Waals surface area contributed by atoms with E-state index < -0.39 is 45.3 Å². The van der Waals surface area contributed by atoms with Crippen LogP contribution in [0, 0.1) is 16.0 Å². The fourth-order valence-corrected chi connectivity index (χ4v) is 4.37. The Morgan fingerprint density at radius 2 is 2.16 bits per heavy atom. The third kappa shape index (κ3) is 3.45. The third-order valence-electron chi connectivity index (χ3n) is 4.84. The number of aryl methyl sites for hydroxylation is 1. The zero-order valence-corrected chi connectivity index (χ0v) is 14.9. The summed E-state index contributed by atoms with van der Waals surface area (Å²) in [4.78, 5) is 11.2. The minimum absolute atomic E-state index is 0.0843. The minimum Gasteiger partial charge on any atom is -0.390 e. The molecule has 2 N–H and O–H groups in total. The van der Waals surface area contributed by atoms with Gasteiger partial charge < -0.3 is 5.11 Å². The molecule has 1 aromatic carbocycles. The lowest BCUT2D eigenvalue weighted by atomic mass is 9.72. The van der Waals surface area contributed by atoms with Gasteiger partial charge in [0.15, 0.2) is 0 Å². The predicted molar refractivity (Wildman–Crippen MR) is 90.0 cm³/mol. The number of nitro groups is 1. The summed E-state index contributed by atoms with van der Waals surface area (Å²) in [5.41, 5.74) is -1.77. The number of nitrogens with zero attached hydrogens (tertiary/aromatic N) is 1. The Balaban J connectivity index is 2.66. The number of rotatable bonds is 7. The first-order chi connectivity index (χ1) is 11.7. The van der Waals surface area contributed by atoms with Crippen molar-refractivity contribution in [2.24, 2.45) is 5.92 Å². The fourth-order valence-electron chi connectivity index (χ4n) is 3.23. The quantitative estimate of drug-likeness (QED) is 0.434. The highest BCUT2D eigenvalue weighted by Crippen LogP contribution is 2.47. The molecule has 9 heteroatoms. The number of benzene rings is 1. The molecule has 0 fully saturated rings. The van der Waals surface area contributed by atoms with Gasteiger partial charge in [0.05, 0.1) is 0 Å². The van der Waals surface area contributed by atoms with Gasteiger partial charge >= 0.3 is 5.66 Å². The zero-order valence-electron chi connectivity index (χ0n) is 14.1. The summed E-state index contributed by atoms with van der Waals surface area (Å²) in [7, 11) is -1.89. The van der Waals surface area contributed by atoms with Crippen LogP contribution in [0.2, 0.25) is 0 Å². The normalized spacial score (nSPS) is 25.9. The van der Waals surface area contributed by atoms with Crippen molar-refractivity contribution in [1.29, 1.82) is 0 Å². The number of aliphatic hydroxyl groups excluding tert-OH is 1. The first kappa shape index (κ1) is 19.9. The van der Waals surface area contributed by atoms with Crippen molar-refractivity contribution in [3.8, 4) is 0 Å². The molecule has 1 aliphatic rings. The van der Waals surface area contributed by atoms with Gasteiger partial charge in [-0.05, 0) is 31.7 Å². The maximum Gasteiger partial charge on any atom is 0.320 e. The predicted octanol–water partition coefficient (Wildman–Crippen LogP) is 2.36. The second-order valence-electron chi connectivity index (χ2n) is 6.31. The van der Waals surface area contributed by atoms with E-state index in [1.165, 1.54) is 12.1 Å². The summed E-state index contributed by atoms with van der Waals surface area (Å²) < 4.78 is 43.8.